The molecule has 0 fully saturated rings. The average Bonchev–Trinajstić information content (AvgIpc) is 3.07. The molecular formula is C21H22O2. The largest absolute Gasteiger partial charge is 0.494 e. The fraction of sp³-hybridized carbons (Fsp3) is 0.238. The van der Waals surface area contributed by atoms with Crippen LogP contribution in [0.1, 0.15) is 25.8 Å². The van der Waals surface area contributed by atoms with E-state index in [0.29, 0.717) is 6.61 Å². The first kappa shape index (κ1) is 15.4. The summed E-state index contributed by atoms with van der Waals surface area (Å²) in [7, 11) is 0. The molecule has 0 spiro atoms. The lowest BCUT2D eigenvalue weighted by atomic mass is 10.1. The van der Waals surface area contributed by atoms with E-state index >= 15 is 0 Å². The number of benzene rings is 2. The second kappa shape index (κ2) is 7.19. The molecule has 0 amide bonds. The topological polar surface area (TPSA) is 22.4 Å². The van der Waals surface area contributed by atoms with Crippen molar-refractivity contribution >= 4 is 0 Å². The molecule has 0 N–H and O–H groups in total. The van der Waals surface area contributed by atoms with Crippen molar-refractivity contribution in [1.82, 2.24) is 0 Å². The van der Waals surface area contributed by atoms with Crippen LogP contribution in [0.4, 0.5) is 0 Å². The van der Waals surface area contributed by atoms with Crippen molar-refractivity contribution in [1.29, 1.82) is 0 Å². The Balaban J connectivity index is 1.79. The summed E-state index contributed by atoms with van der Waals surface area (Å²) in [4.78, 5) is 0. The lowest BCUT2D eigenvalue weighted by Gasteiger charge is -2.03. The molecule has 23 heavy (non-hydrogen) atoms. The van der Waals surface area contributed by atoms with Crippen LogP contribution in [-0.2, 0) is 6.42 Å². The van der Waals surface area contributed by atoms with Crippen LogP contribution in [0, 0.1) is 0 Å². The Kier molecular flexibility index (Phi) is 4.82. The van der Waals surface area contributed by atoms with Crippen LogP contribution in [-0.4, -0.2) is 6.61 Å². The molecule has 0 aliphatic heterocycles. The molecule has 2 heteroatoms. The molecule has 2 nitrogen and oxygen atoms in total. The molecule has 0 saturated carbocycles. The second-order valence-electron chi connectivity index (χ2n) is 5.57. The highest BCUT2D eigenvalue weighted by Crippen LogP contribution is 2.29. The number of furan rings is 1. The first-order valence-corrected chi connectivity index (χ1v) is 8.22. The van der Waals surface area contributed by atoms with Gasteiger partial charge in [-0.3, -0.25) is 0 Å². The zero-order chi connectivity index (χ0) is 16.1. The van der Waals surface area contributed by atoms with E-state index in [1.807, 2.05) is 43.3 Å². The predicted molar refractivity (Wildman–Crippen MR) is 94.7 cm³/mol. The third-order valence-corrected chi connectivity index (χ3v) is 3.83. The van der Waals surface area contributed by atoms with Gasteiger partial charge in [0.1, 0.15) is 17.3 Å². The Labute approximate surface area is 137 Å². The third kappa shape index (κ3) is 3.65. The van der Waals surface area contributed by atoms with Crippen LogP contribution in [0.25, 0.3) is 22.6 Å². The van der Waals surface area contributed by atoms with Gasteiger partial charge in [-0.05, 0) is 55.3 Å². The number of rotatable bonds is 6. The predicted octanol–water partition coefficient (Wildman–Crippen LogP) is 5.96. The summed E-state index contributed by atoms with van der Waals surface area (Å²) in [6.07, 6.45) is 2.29. The van der Waals surface area contributed by atoms with Crippen LogP contribution in [0.5, 0.6) is 5.75 Å². The summed E-state index contributed by atoms with van der Waals surface area (Å²) in [6.45, 7) is 4.86. The van der Waals surface area contributed by atoms with Crippen molar-refractivity contribution in [3.8, 4) is 28.4 Å². The molecule has 0 bridgehead atoms. The van der Waals surface area contributed by atoms with Gasteiger partial charge in [0.05, 0.1) is 6.61 Å². The number of hydrogen-bond donors (Lipinski definition) is 0. The van der Waals surface area contributed by atoms with Gasteiger partial charge < -0.3 is 9.15 Å². The maximum Gasteiger partial charge on any atom is 0.134 e. The van der Waals surface area contributed by atoms with E-state index in [-0.39, 0.29) is 0 Å². The van der Waals surface area contributed by atoms with E-state index < -0.39 is 0 Å². The van der Waals surface area contributed by atoms with Gasteiger partial charge in [0, 0.05) is 11.1 Å². The summed E-state index contributed by atoms with van der Waals surface area (Å²) < 4.78 is 11.5. The summed E-state index contributed by atoms with van der Waals surface area (Å²) in [5.74, 6) is 2.66. The maximum atomic E-state index is 6.01. The zero-order valence-electron chi connectivity index (χ0n) is 13.7. The minimum Gasteiger partial charge on any atom is -0.494 e. The molecular weight excluding hydrogens is 284 g/mol. The summed E-state index contributed by atoms with van der Waals surface area (Å²) in [5, 5.41) is 0. The Morgan fingerprint density at radius 3 is 1.83 bits per heavy atom. The average molecular weight is 306 g/mol. The highest BCUT2D eigenvalue weighted by molar-refractivity contribution is 5.65. The molecule has 0 aliphatic carbocycles. The molecule has 3 rings (SSSR count). The Bertz CT molecular complexity index is 672. The van der Waals surface area contributed by atoms with Crippen LogP contribution in [0.3, 0.4) is 0 Å². The van der Waals surface area contributed by atoms with Crippen molar-refractivity contribution in [3.63, 3.8) is 0 Å². The van der Waals surface area contributed by atoms with E-state index in [2.05, 4.69) is 31.2 Å². The van der Waals surface area contributed by atoms with E-state index in [4.69, 9.17) is 9.15 Å². The Hall–Kier alpha value is -2.48. The van der Waals surface area contributed by atoms with Crippen LogP contribution in [0.2, 0.25) is 0 Å². The molecule has 1 aromatic heterocycles. The van der Waals surface area contributed by atoms with Crippen LogP contribution in [0.15, 0.2) is 65.1 Å². The number of hydrogen-bond acceptors (Lipinski definition) is 2. The van der Waals surface area contributed by atoms with Crippen molar-refractivity contribution in [2.75, 3.05) is 6.61 Å². The van der Waals surface area contributed by atoms with Gasteiger partial charge in [0.2, 0.25) is 0 Å². The fourth-order valence-corrected chi connectivity index (χ4v) is 2.65. The van der Waals surface area contributed by atoms with Crippen LogP contribution >= 0.6 is 0 Å². The Morgan fingerprint density at radius 1 is 0.739 bits per heavy atom. The molecule has 0 radical (unpaired) electrons. The highest BCUT2D eigenvalue weighted by Gasteiger charge is 2.07. The van der Waals surface area contributed by atoms with Crippen molar-refractivity contribution in [2.45, 2.75) is 26.7 Å². The monoisotopic (exact) mass is 306 g/mol. The minimum atomic E-state index is 0.679. The molecule has 118 valence electrons. The molecule has 0 aliphatic rings. The first-order valence-electron chi connectivity index (χ1n) is 8.22. The maximum absolute atomic E-state index is 6.01. The van der Waals surface area contributed by atoms with E-state index in [9.17, 15) is 0 Å². The standard InChI is InChI=1S/C21H22O2/c1-3-5-16-6-8-17(9-7-16)20-14-15-21(23-20)18-10-12-19(13-11-18)22-4-2/h6-15H,3-5H2,1-2H3. The van der Waals surface area contributed by atoms with Gasteiger partial charge in [-0.15, -0.1) is 0 Å². The lowest BCUT2D eigenvalue weighted by molar-refractivity contribution is 0.340. The van der Waals surface area contributed by atoms with Crippen molar-refractivity contribution in [3.05, 3.63) is 66.2 Å². The smallest absolute Gasteiger partial charge is 0.134 e. The number of aryl methyl sites for hydroxylation is 1. The highest BCUT2D eigenvalue weighted by atomic mass is 16.5. The van der Waals surface area contributed by atoms with E-state index in [0.717, 1.165) is 34.8 Å². The molecule has 2 aromatic carbocycles. The lowest BCUT2D eigenvalue weighted by Crippen LogP contribution is -1.90. The van der Waals surface area contributed by atoms with Crippen molar-refractivity contribution < 1.29 is 9.15 Å². The fourth-order valence-electron chi connectivity index (χ4n) is 2.65. The molecule has 0 unspecified atom stereocenters. The van der Waals surface area contributed by atoms with Gasteiger partial charge in [-0.1, -0.05) is 37.6 Å². The number of ether oxygens (including phenoxy) is 1. The SMILES string of the molecule is CCCc1ccc(-c2ccc(-c3ccc(OCC)cc3)o2)cc1. The minimum absolute atomic E-state index is 0.679. The van der Waals surface area contributed by atoms with Gasteiger partial charge in [0.15, 0.2) is 0 Å². The quantitative estimate of drug-likeness (QED) is 0.560. The van der Waals surface area contributed by atoms with Gasteiger partial charge in [0.25, 0.3) is 0 Å². The van der Waals surface area contributed by atoms with Gasteiger partial charge in [-0.25, -0.2) is 0 Å². The van der Waals surface area contributed by atoms with E-state index in [1.54, 1.807) is 0 Å². The second-order valence-corrected chi connectivity index (χ2v) is 5.57. The molecule has 3 aromatic rings. The van der Waals surface area contributed by atoms with E-state index in [1.165, 1.54) is 12.0 Å². The molecule has 1 heterocycles. The molecule has 0 saturated heterocycles. The zero-order valence-corrected chi connectivity index (χ0v) is 13.7. The van der Waals surface area contributed by atoms with Crippen LogP contribution < -0.4 is 4.74 Å². The van der Waals surface area contributed by atoms with Gasteiger partial charge >= 0.3 is 0 Å². The Morgan fingerprint density at radius 2 is 1.30 bits per heavy atom. The first-order chi connectivity index (χ1) is 11.3. The van der Waals surface area contributed by atoms with Crippen molar-refractivity contribution in [2.24, 2.45) is 0 Å². The van der Waals surface area contributed by atoms with Gasteiger partial charge in [-0.2, -0.15) is 0 Å². The summed E-state index contributed by atoms with van der Waals surface area (Å²) >= 11 is 0. The summed E-state index contributed by atoms with van der Waals surface area (Å²) in [5.41, 5.74) is 3.54. The molecule has 0 atom stereocenters. The third-order valence-electron chi connectivity index (χ3n) is 3.83. The summed E-state index contributed by atoms with van der Waals surface area (Å²) in [6, 6.07) is 20.7. The normalized spacial score (nSPS) is 10.7.